The number of benzene rings is 1. The lowest BCUT2D eigenvalue weighted by Gasteiger charge is -2.17. The van der Waals surface area contributed by atoms with Crippen molar-refractivity contribution in [3.05, 3.63) is 24.0 Å². The van der Waals surface area contributed by atoms with Gasteiger partial charge >= 0.3 is 0 Å². The second-order valence-corrected chi connectivity index (χ2v) is 5.63. The highest BCUT2D eigenvalue weighted by atomic mass is 19.1. The summed E-state index contributed by atoms with van der Waals surface area (Å²) in [5, 5.41) is 2.46. The molecule has 0 aliphatic carbocycles. The van der Waals surface area contributed by atoms with Crippen molar-refractivity contribution in [1.29, 1.82) is 0 Å². The normalized spacial score (nSPS) is 17.2. The van der Waals surface area contributed by atoms with Crippen molar-refractivity contribution in [1.82, 2.24) is 4.90 Å². The molecular formula is C14H16FN3O3. The molecule has 0 radical (unpaired) electrons. The SMILES string of the molecule is CC1(C)CC(=O)N(CC(=O)Nc2ccc(F)cc2N)C1=O. The van der Waals surface area contributed by atoms with Gasteiger partial charge < -0.3 is 11.1 Å². The van der Waals surface area contributed by atoms with Gasteiger partial charge in [0.05, 0.1) is 16.8 Å². The van der Waals surface area contributed by atoms with Crippen LogP contribution in [0.1, 0.15) is 20.3 Å². The lowest BCUT2D eigenvalue weighted by molar-refractivity contribution is -0.143. The van der Waals surface area contributed by atoms with E-state index in [2.05, 4.69) is 5.32 Å². The molecule has 0 spiro atoms. The van der Waals surface area contributed by atoms with Gasteiger partial charge in [-0.25, -0.2) is 4.39 Å². The molecular weight excluding hydrogens is 277 g/mol. The van der Waals surface area contributed by atoms with Crippen LogP contribution in [0.4, 0.5) is 15.8 Å². The first-order chi connectivity index (χ1) is 9.70. The summed E-state index contributed by atoms with van der Waals surface area (Å²) < 4.78 is 12.9. The summed E-state index contributed by atoms with van der Waals surface area (Å²) in [5.74, 6) is -1.84. The smallest absolute Gasteiger partial charge is 0.244 e. The van der Waals surface area contributed by atoms with E-state index in [4.69, 9.17) is 5.73 Å². The number of nitrogens with one attached hydrogen (secondary N) is 1. The molecule has 1 aromatic rings. The molecule has 6 nitrogen and oxygen atoms in total. The molecule has 3 N–H and O–H groups in total. The van der Waals surface area contributed by atoms with Crippen molar-refractivity contribution < 1.29 is 18.8 Å². The number of likely N-dealkylation sites (tertiary alicyclic amines) is 1. The van der Waals surface area contributed by atoms with E-state index in [0.717, 1.165) is 17.0 Å². The third kappa shape index (κ3) is 3.01. The fraction of sp³-hybridized carbons (Fsp3) is 0.357. The van der Waals surface area contributed by atoms with Crippen molar-refractivity contribution in [3.8, 4) is 0 Å². The van der Waals surface area contributed by atoms with Crippen molar-refractivity contribution >= 4 is 29.1 Å². The van der Waals surface area contributed by atoms with Gasteiger partial charge in [0.1, 0.15) is 12.4 Å². The maximum Gasteiger partial charge on any atom is 0.244 e. The largest absolute Gasteiger partial charge is 0.397 e. The molecule has 2 rings (SSSR count). The molecule has 0 atom stereocenters. The quantitative estimate of drug-likeness (QED) is 0.645. The number of nitrogens with two attached hydrogens (primary N) is 1. The molecule has 1 aromatic carbocycles. The fourth-order valence-corrected chi connectivity index (χ4v) is 2.17. The number of nitrogens with zero attached hydrogens (tertiary/aromatic N) is 1. The highest BCUT2D eigenvalue weighted by Crippen LogP contribution is 2.31. The molecule has 112 valence electrons. The minimum absolute atomic E-state index is 0.0720. The molecule has 1 aliphatic rings. The Morgan fingerprint density at radius 2 is 2.10 bits per heavy atom. The van der Waals surface area contributed by atoms with Gasteiger partial charge in [-0.2, -0.15) is 0 Å². The summed E-state index contributed by atoms with van der Waals surface area (Å²) in [6, 6.07) is 3.55. The predicted octanol–water partition coefficient (Wildman–Crippen LogP) is 1.13. The van der Waals surface area contributed by atoms with Crippen LogP contribution in [0.15, 0.2) is 18.2 Å². The molecule has 1 saturated heterocycles. The van der Waals surface area contributed by atoms with Crippen LogP contribution < -0.4 is 11.1 Å². The second kappa shape index (κ2) is 5.16. The topological polar surface area (TPSA) is 92.5 Å². The summed E-state index contributed by atoms with van der Waals surface area (Å²) >= 11 is 0. The monoisotopic (exact) mass is 293 g/mol. The highest BCUT2D eigenvalue weighted by Gasteiger charge is 2.45. The zero-order chi connectivity index (χ0) is 15.8. The predicted molar refractivity (Wildman–Crippen MR) is 74.6 cm³/mol. The van der Waals surface area contributed by atoms with E-state index < -0.39 is 17.1 Å². The Morgan fingerprint density at radius 1 is 1.43 bits per heavy atom. The van der Waals surface area contributed by atoms with E-state index in [-0.39, 0.29) is 36.2 Å². The number of nitrogen functional groups attached to an aromatic ring is 1. The number of amides is 3. The summed E-state index contributed by atoms with van der Waals surface area (Å²) in [4.78, 5) is 36.6. The minimum Gasteiger partial charge on any atom is -0.397 e. The summed E-state index contributed by atoms with van der Waals surface area (Å²) in [6.45, 7) is 2.93. The maximum atomic E-state index is 12.9. The van der Waals surface area contributed by atoms with Gasteiger partial charge in [-0.15, -0.1) is 0 Å². The van der Waals surface area contributed by atoms with Crippen LogP contribution in [-0.2, 0) is 14.4 Å². The third-order valence-electron chi connectivity index (χ3n) is 3.31. The molecule has 3 amide bonds. The summed E-state index contributed by atoms with van der Waals surface area (Å²) in [7, 11) is 0. The third-order valence-corrected chi connectivity index (χ3v) is 3.31. The minimum atomic E-state index is -0.785. The van der Waals surface area contributed by atoms with Gasteiger partial charge in [0.25, 0.3) is 0 Å². The fourth-order valence-electron chi connectivity index (χ4n) is 2.17. The van der Waals surface area contributed by atoms with Gasteiger partial charge in [-0.1, -0.05) is 13.8 Å². The van der Waals surface area contributed by atoms with Crippen LogP contribution in [0.2, 0.25) is 0 Å². The van der Waals surface area contributed by atoms with Gasteiger partial charge in [-0.05, 0) is 18.2 Å². The first-order valence-electron chi connectivity index (χ1n) is 6.40. The number of anilines is 2. The second-order valence-electron chi connectivity index (χ2n) is 5.63. The van der Waals surface area contributed by atoms with Crippen molar-refractivity contribution in [3.63, 3.8) is 0 Å². The molecule has 1 fully saturated rings. The van der Waals surface area contributed by atoms with Crippen LogP contribution in [0.25, 0.3) is 0 Å². The summed E-state index contributed by atoms with van der Waals surface area (Å²) in [6.07, 6.45) is 0.0812. The van der Waals surface area contributed by atoms with E-state index in [1.54, 1.807) is 13.8 Å². The zero-order valence-electron chi connectivity index (χ0n) is 11.8. The lowest BCUT2D eigenvalue weighted by Crippen LogP contribution is -2.39. The number of halogens is 1. The molecule has 1 aliphatic heterocycles. The average molecular weight is 293 g/mol. The Balaban J connectivity index is 2.06. The van der Waals surface area contributed by atoms with Crippen molar-refractivity contribution in [2.24, 2.45) is 5.41 Å². The first kappa shape index (κ1) is 15.0. The molecule has 0 saturated carbocycles. The van der Waals surface area contributed by atoms with E-state index in [0.29, 0.717) is 0 Å². The van der Waals surface area contributed by atoms with Gasteiger partial charge in [0, 0.05) is 6.42 Å². The number of hydrogen-bond acceptors (Lipinski definition) is 4. The van der Waals surface area contributed by atoms with Crippen LogP contribution >= 0.6 is 0 Å². The first-order valence-corrected chi connectivity index (χ1v) is 6.40. The highest BCUT2D eigenvalue weighted by molar-refractivity contribution is 6.09. The molecule has 1 heterocycles. The molecule has 7 heteroatoms. The molecule has 21 heavy (non-hydrogen) atoms. The van der Waals surface area contributed by atoms with Crippen molar-refractivity contribution in [2.45, 2.75) is 20.3 Å². The van der Waals surface area contributed by atoms with Crippen molar-refractivity contribution in [2.75, 3.05) is 17.6 Å². The van der Waals surface area contributed by atoms with E-state index in [9.17, 15) is 18.8 Å². The molecule has 0 unspecified atom stereocenters. The maximum absolute atomic E-state index is 12.9. The van der Waals surface area contributed by atoms with E-state index in [1.807, 2.05) is 0 Å². The van der Waals surface area contributed by atoms with Gasteiger partial charge in [0.2, 0.25) is 17.7 Å². The van der Waals surface area contributed by atoms with Gasteiger partial charge in [0.15, 0.2) is 0 Å². The molecule has 0 aromatic heterocycles. The number of carbonyl (C=O) groups excluding carboxylic acids is 3. The summed E-state index contributed by atoms with van der Waals surface area (Å²) in [5.41, 5.74) is 5.10. The number of carbonyl (C=O) groups is 3. The number of hydrogen-bond donors (Lipinski definition) is 2. The number of rotatable bonds is 3. The number of imide groups is 1. The average Bonchev–Trinajstić information content (AvgIpc) is 2.55. The van der Waals surface area contributed by atoms with Crippen LogP contribution in [0.5, 0.6) is 0 Å². The van der Waals surface area contributed by atoms with E-state index >= 15 is 0 Å². The Bertz CT molecular complexity index is 628. The Hall–Kier alpha value is -2.44. The standard InChI is InChI=1S/C14H16FN3O3/c1-14(2)6-12(20)18(13(14)21)7-11(19)17-10-4-3-8(15)5-9(10)16/h3-5H,6-7,16H2,1-2H3,(H,17,19). The van der Waals surface area contributed by atoms with Crippen LogP contribution in [-0.4, -0.2) is 29.2 Å². The Labute approximate surface area is 121 Å². The zero-order valence-corrected chi connectivity index (χ0v) is 11.8. The van der Waals surface area contributed by atoms with Crippen LogP contribution in [0.3, 0.4) is 0 Å². The Kier molecular flexibility index (Phi) is 3.67. The van der Waals surface area contributed by atoms with Crippen LogP contribution in [0, 0.1) is 11.2 Å². The van der Waals surface area contributed by atoms with Gasteiger partial charge in [-0.3, -0.25) is 19.3 Å². The molecule has 0 bridgehead atoms. The van der Waals surface area contributed by atoms with E-state index in [1.165, 1.54) is 6.07 Å². The Morgan fingerprint density at radius 3 is 2.62 bits per heavy atom. The lowest BCUT2D eigenvalue weighted by atomic mass is 9.92.